The molecular formula is C14H18N2O2. The van der Waals surface area contributed by atoms with Crippen LogP contribution in [0.4, 0.5) is 0 Å². The lowest BCUT2D eigenvalue weighted by molar-refractivity contribution is 0.191. The standard InChI is InChI=1S/C14H18N2O2/c1-10(17)8-15-9-11-5-6-16-14-4-3-12(18-2)7-13(11)14/h3-7,10,15,17H,8-9H2,1-2H3/t10-/m0/s1. The molecule has 2 N–H and O–H groups in total. The van der Waals surface area contributed by atoms with Crippen LogP contribution in [0.25, 0.3) is 10.9 Å². The van der Waals surface area contributed by atoms with Crippen molar-refractivity contribution in [1.29, 1.82) is 0 Å². The van der Waals surface area contributed by atoms with E-state index in [2.05, 4.69) is 10.3 Å². The molecule has 1 atom stereocenters. The van der Waals surface area contributed by atoms with Gasteiger partial charge in [-0.25, -0.2) is 0 Å². The molecule has 0 unspecified atom stereocenters. The molecule has 2 aromatic rings. The van der Waals surface area contributed by atoms with Crippen LogP contribution in [0.5, 0.6) is 5.75 Å². The summed E-state index contributed by atoms with van der Waals surface area (Å²) in [6, 6.07) is 7.83. The second kappa shape index (κ2) is 5.80. The minimum atomic E-state index is -0.340. The van der Waals surface area contributed by atoms with Crippen molar-refractivity contribution in [2.45, 2.75) is 19.6 Å². The molecule has 2 rings (SSSR count). The fourth-order valence-electron chi connectivity index (χ4n) is 1.88. The van der Waals surface area contributed by atoms with Crippen LogP contribution in [0.3, 0.4) is 0 Å². The molecule has 0 amide bonds. The summed E-state index contributed by atoms with van der Waals surface area (Å²) in [5.41, 5.74) is 2.10. The Morgan fingerprint density at radius 1 is 1.39 bits per heavy atom. The second-order valence-electron chi connectivity index (χ2n) is 4.33. The highest BCUT2D eigenvalue weighted by Crippen LogP contribution is 2.22. The molecule has 0 spiro atoms. The summed E-state index contributed by atoms with van der Waals surface area (Å²) in [6.45, 7) is 3.05. The molecule has 0 aliphatic heterocycles. The van der Waals surface area contributed by atoms with Gasteiger partial charge in [-0.2, -0.15) is 0 Å². The summed E-state index contributed by atoms with van der Waals surface area (Å²) in [6.07, 6.45) is 1.46. The first-order valence-electron chi connectivity index (χ1n) is 6.01. The topological polar surface area (TPSA) is 54.4 Å². The van der Waals surface area contributed by atoms with Crippen molar-refractivity contribution in [2.24, 2.45) is 0 Å². The molecule has 0 bridgehead atoms. The number of methoxy groups -OCH3 is 1. The average Bonchev–Trinajstić information content (AvgIpc) is 2.38. The number of rotatable bonds is 5. The van der Waals surface area contributed by atoms with Crippen LogP contribution in [0.15, 0.2) is 30.5 Å². The zero-order valence-electron chi connectivity index (χ0n) is 10.7. The quantitative estimate of drug-likeness (QED) is 0.843. The van der Waals surface area contributed by atoms with Crippen LogP contribution in [0, 0.1) is 0 Å². The van der Waals surface area contributed by atoms with Crippen LogP contribution in [0.1, 0.15) is 12.5 Å². The average molecular weight is 246 g/mol. The summed E-state index contributed by atoms with van der Waals surface area (Å²) in [5.74, 6) is 0.826. The van der Waals surface area contributed by atoms with Gasteiger partial charge in [-0.3, -0.25) is 4.98 Å². The lowest BCUT2D eigenvalue weighted by atomic mass is 10.1. The van der Waals surface area contributed by atoms with Gasteiger partial charge in [0.1, 0.15) is 5.75 Å². The van der Waals surface area contributed by atoms with E-state index in [4.69, 9.17) is 4.74 Å². The number of aliphatic hydroxyl groups excluding tert-OH is 1. The minimum Gasteiger partial charge on any atom is -0.497 e. The molecule has 1 aromatic carbocycles. The number of pyridine rings is 1. The van der Waals surface area contributed by atoms with Gasteiger partial charge in [-0.05, 0) is 36.8 Å². The Morgan fingerprint density at radius 2 is 2.22 bits per heavy atom. The van der Waals surface area contributed by atoms with Crippen molar-refractivity contribution in [2.75, 3.05) is 13.7 Å². The third-order valence-corrected chi connectivity index (χ3v) is 2.79. The molecule has 0 aliphatic rings. The normalized spacial score (nSPS) is 12.6. The third kappa shape index (κ3) is 2.97. The van der Waals surface area contributed by atoms with Gasteiger partial charge in [0.05, 0.1) is 18.7 Å². The van der Waals surface area contributed by atoms with Gasteiger partial charge in [0.15, 0.2) is 0 Å². The molecule has 1 heterocycles. The molecule has 4 nitrogen and oxygen atoms in total. The van der Waals surface area contributed by atoms with Crippen molar-refractivity contribution in [1.82, 2.24) is 10.3 Å². The number of nitrogens with zero attached hydrogens (tertiary/aromatic N) is 1. The third-order valence-electron chi connectivity index (χ3n) is 2.79. The van der Waals surface area contributed by atoms with Gasteiger partial charge in [-0.15, -0.1) is 0 Å². The fourth-order valence-corrected chi connectivity index (χ4v) is 1.88. The van der Waals surface area contributed by atoms with Crippen molar-refractivity contribution >= 4 is 10.9 Å². The summed E-state index contributed by atoms with van der Waals surface area (Å²) < 4.78 is 5.23. The number of aromatic nitrogens is 1. The number of hydrogen-bond acceptors (Lipinski definition) is 4. The van der Waals surface area contributed by atoms with Crippen molar-refractivity contribution in [3.8, 4) is 5.75 Å². The van der Waals surface area contributed by atoms with Crippen molar-refractivity contribution in [3.63, 3.8) is 0 Å². The molecule has 0 radical (unpaired) electrons. The molecule has 96 valence electrons. The zero-order valence-corrected chi connectivity index (χ0v) is 10.7. The number of fused-ring (bicyclic) bond motifs is 1. The molecule has 0 saturated heterocycles. The van der Waals surface area contributed by atoms with E-state index >= 15 is 0 Å². The highest BCUT2D eigenvalue weighted by Gasteiger charge is 2.04. The smallest absolute Gasteiger partial charge is 0.119 e. The number of aliphatic hydroxyl groups is 1. The first-order valence-corrected chi connectivity index (χ1v) is 6.01. The minimum absolute atomic E-state index is 0.340. The Bertz CT molecular complexity index is 526. The van der Waals surface area contributed by atoms with E-state index in [1.165, 1.54) is 0 Å². The van der Waals surface area contributed by atoms with Crippen LogP contribution >= 0.6 is 0 Å². The van der Waals surface area contributed by atoms with Gasteiger partial charge in [0.2, 0.25) is 0 Å². The van der Waals surface area contributed by atoms with Gasteiger partial charge in [0.25, 0.3) is 0 Å². The SMILES string of the molecule is COc1ccc2nccc(CNC[C@H](C)O)c2c1. The number of benzene rings is 1. The largest absolute Gasteiger partial charge is 0.497 e. The second-order valence-corrected chi connectivity index (χ2v) is 4.33. The van der Waals surface area contributed by atoms with Gasteiger partial charge in [-0.1, -0.05) is 0 Å². The first-order chi connectivity index (χ1) is 8.70. The Morgan fingerprint density at radius 3 is 2.94 bits per heavy atom. The maximum absolute atomic E-state index is 9.23. The Labute approximate surface area is 107 Å². The lowest BCUT2D eigenvalue weighted by Crippen LogP contribution is -2.23. The first kappa shape index (κ1) is 12.8. The molecule has 1 aromatic heterocycles. The Kier molecular flexibility index (Phi) is 4.12. The molecular weight excluding hydrogens is 228 g/mol. The van der Waals surface area contributed by atoms with Crippen LogP contribution in [0.2, 0.25) is 0 Å². The zero-order chi connectivity index (χ0) is 13.0. The molecule has 0 saturated carbocycles. The van der Waals surface area contributed by atoms with Crippen LogP contribution in [-0.2, 0) is 6.54 Å². The fraction of sp³-hybridized carbons (Fsp3) is 0.357. The summed E-state index contributed by atoms with van der Waals surface area (Å²) in [4.78, 5) is 4.33. The van der Waals surface area contributed by atoms with Crippen LogP contribution in [-0.4, -0.2) is 29.8 Å². The van der Waals surface area contributed by atoms with Crippen molar-refractivity contribution < 1.29 is 9.84 Å². The van der Waals surface area contributed by atoms with E-state index in [-0.39, 0.29) is 6.10 Å². The Balaban J connectivity index is 2.25. The molecule has 4 heteroatoms. The predicted octanol–water partition coefficient (Wildman–Crippen LogP) is 1.71. The highest BCUT2D eigenvalue weighted by molar-refractivity contribution is 5.83. The van der Waals surface area contributed by atoms with Crippen molar-refractivity contribution in [3.05, 3.63) is 36.0 Å². The number of nitrogens with one attached hydrogen (secondary N) is 1. The summed E-state index contributed by atoms with van der Waals surface area (Å²) in [5, 5.41) is 13.5. The van der Waals surface area contributed by atoms with Gasteiger partial charge in [0, 0.05) is 24.7 Å². The number of ether oxygens (including phenoxy) is 1. The maximum atomic E-state index is 9.23. The monoisotopic (exact) mass is 246 g/mol. The lowest BCUT2D eigenvalue weighted by Gasteiger charge is -2.10. The summed E-state index contributed by atoms with van der Waals surface area (Å²) >= 11 is 0. The maximum Gasteiger partial charge on any atom is 0.119 e. The van der Waals surface area contributed by atoms with E-state index in [1.54, 1.807) is 20.2 Å². The van der Waals surface area contributed by atoms with E-state index < -0.39 is 0 Å². The molecule has 0 fully saturated rings. The number of hydrogen-bond donors (Lipinski definition) is 2. The van der Waals surface area contributed by atoms with E-state index in [0.29, 0.717) is 13.1 Å². The molecule has 18 heavy (non-hydrogen) atoms. The van der Waals surface area contributed by atoms with Gasteiger partial charge < -0.3 is 15.2 Å². The predicted molar refractivity (Wildman–Crippen MR) is 71.7 cm³/mol. The van der Waals surface area contributed by atoms with E-state index in [9.17, 15) is 5.11 Å². The highest BCUT2D eigenvalue weighted by atomic mass is 16.5. The summed E-state index contributed by atoms with van der Waals surface area (Å²) in [7, 11) is 1.66. The van der Waals surface area contributed by atoms with E-state index in [0.717, 1.165) is 22.2 Å². The van der Waals surface area contributed by atoms with E-state index in [1.807, 2.05) is 24.3 Å². The van der Waals surface area contributed by atoms with Gasteiger partial charge >= 0.3 is 0 Å². The van der Waals surface area contributed by atoms with Crippen LogP contribution < -0.4 is 10.1 Å². The Hall–Kier alpha value is -1.65. The molecule has 0 aliphatic carbocycles.